The number of phenols is 1. The lowest BCUT2D eigenvalue weighted by atomic mass is 10.1. The van der Waals surface area contributed by atoms with Crippen molar-refractivity contribution in [1.82, 2.24) is 0 Å². The van der Waals surface area contributed by atoms with Crippen LogP contribution in [0.25, 0.3) is 0 Å². The molecule has 0 bridgehead atoms. The van der Waals surface area contributed by atoms with Gasteiger partial charge in [0.05, 0.1) is 0 Å². The van der Waals surface area contributed by atoms with Crippen molar-refractivity contribution in [3.05, 3.63) is 59.4 Å². The molecule has 0 aliphatic rings. The minimum absolute atomic E-state index is 0.280. The summed E-state index contributed by atoms with van der Waals surface area (Å²) < 4.78 is 13.2. The second-order valence-corrected chi connectivity index (χ2v) is 4.55. The third-order valence-electron chi connectivity index (χ3n) is 3.05. The number of aryl methyl sites for hydroxylation is 1. The predicted molar refractivity (Wildman–Crippen MR) is 75.8 cm³/mol. The lowest BCUT2D eigenvalue weighted by Gasteiger charge is -2.09. The van der Waals surface area contributed by atoms with E-state index in [0.29, 0.717) is 12.1 Å². The van der Waals surface area contributed by atoms with Crippen LogP contribution < -0.4 is 5.32 Å². The van der Waals surface area contributed by atoms with Crippen LogP contribution in [0.2, 0.25) is 0 Å². The van der Waals surface area contributed by atoms with E-state index in [1.165, 1.54) is 11.6 Å². The Morgan fingerprint density at radius 1 is 1.11 bits per heavy atom. The molecule has 0 aromatic heterocycles. The van der Waals surface area contributed by atoms with Crippen LogP contribution in [0.3, 0.4) is 0 Å². The largest absolute Gasteiger partial charge is 0.505 e. The molecule has 2 N–H and O–H groups in total. The summed E-state index contributed by atoms with van der Waals surface area (Å²) in [5.74, 6) is -0.866. The van der Waals surface area contributed by atoms with E-state index in [1.807, 2.05) is 12.1 Å². The Balaban J connectivity index is 2.00. The van der Waals surface area contributed by atoms with E-state index in [4.69, 9.17) is 0 Å². The minimum Gasteiger partial charge on any atom is -0.505 e. The van der Waals surface area contributed by atoms with Gasteiger partial charge in [0.1, 0.15) is 0 Å². The summed E-state index contributed by atoms with van der Waals surface area (Å²) in [5, 5.41) is 12.7. The Hall–Kier alpha value is -2.03. The Morgan fingerprint density at radius 2 is 1.84 bits per heavy atom. The number of nitrogens with one attached hydrogen (secondary N) is 1. The van der Waals surface area contributed by atoms with Crippen molar-refractivity contribution in [2.45, 2.75) is 26.3 Å². The Labute approximate surface area is 112 Å². The van der Waals surface area contributed by atoms with E-state index in [1.54, 1.807) is 12.1 Å². The van der Waals surface area contributed by atoms with Gasteiger partial charge in [-0.15, -0.1) is 0 Å². The van der Waals surface area contributed by atoms with Gasteiger partial charge in [0.15, 0.2) is 11.6 Å². The van der Waals surface area contributed by atoms with Gasteiger partial charge in [-0.25, -0.2) is 4.39 Å². The molecule has 0 aliphatic carbocycles. The van der Waals surface area contributed by atoms with Crippen LogP contribution in [0.15, 0.2) is 42.5 Å². The zero-order chi connectivity index (χ0) is 13.7. The Morgan fingerprint density at radius 3 is 2.53 bits per heavy atom. The van der Waals surface area contributed by atoms with Gasteiger partial charge in [-0.3, -0.25) is 0 Å². The number of benzene rings is 2. The summed E-state index contributed by atoms with van der Waals surface area (Å²) in [6.45, 7) is 2.55. The van der Waals surface area contributed by atoms with Gasteiger partial charge >= 0.3 is 0 Å². The highest BCUT2D eigenvalue weighted by Gasteiger charge is 2.05. The summed E-state index contributed by atoms with van der Waals surface area (Å²) >= 11 is 0. The maximum atomic E-state index is 13.2. The highest BCUT2D eigenvalue weighted by molar-refractivity contribution is 5.46. The highest BCUT2D eigenvalue weighted by atomic mass is 19.1. The maximum Gasteiger partial charge on any atom is 0.165 e. The number of hydrogen-bond acceptors (Lipinski definition) is 2. The molecule has 0 spiro atoms. The molecule has 2 aromatic rings. The lowest BCUT2D eigenvalue weighted by Crippen LogP contribution is -2.00. The highest BCUT2D eigenvalue weighted by Crippen LogP contribution is 2.22. The predicted octanol–water partition coefficient (Wildman–Crippen LogP) is 4.10. The van der Waals surface area contributed by atoms with Gasteiger partial charge in [-0.05, 0) is 30.2 Å². The first-order chi connectivity index (χ1) is 9.20. The Bertz CT molecular complexity index is 537. The summed E-state index contributed by atoms with van der Waals surface area (Å²) in [6.07, 6.45) is 2.20. The second kappa shape index (κ2) is 6.23. The van der Waals surface area contributed by atoms with Crippen molar-refractivity contribution in [2.75, 3.05) is 5.32 Å². The first kappa shape index (κ1) is 13.4. The van der Waals surface area contributed by atoms with E-state index < -0.39 is 5.82 Å². The minimum atomic E-state index is -0.586. The fraction of sp³-hybridized carbons (Fsp3) is 0.250. The molecule has 0 saturated heterocycles. The smallest absolute Gasteiger partial charge is 0.165 e. The molecule has 2 rings (SSSR count). The molecule has 0 saturated carbocycles. The number of para-hydroxylation sites is 1. The first-order valence-electron chi connectivity index (χ1n) is 6.50. The van der Waals surface area contributed by atoms with Crippen molar-refractivity contribution >= 4 is 5.69 Å². The molecule has 2 aromatic carbocycles. The summed E-state index contributed by atoms with van der Waals surface area (Å²) in [6, 6.07) is 12.7. The number of anilines is 1. The van der Waals surface area contributed by atoms with Crippen molar-refractivity contribution in [3.63, 3.8) is 0 Å². The number of aromatic hydroxyl groups is 1. The quantitative estimate of drug-likeness (QED) is 0.847. The van der Waals surface area contributed by atoms with Crippen molar-refractivity contribution in [2.24, 2.45) is 0 Å². The molecule has 0 heterocycles. The molecule has 3 heteroatoms. The van der Waals surface area contributed by atoms with Crippen molar-refractivity contribution in [1.29, 1.82) is 0 Å². The lowest BCUT2D eigenvalue weighted by molar-refractivity contribution is 0.427. The molecule has 0 atom stereocenters. The van der Waals surface area contributed by atoms with Gasteiger partial charge in [0.2, 0.25) is 0 Å². The number of phenolic OH excluding ortho intramolecular Hbond substituents is 1. The second-order valence-electron chi connectivity index (χ2n) is 4.55. The summed E-state index contributed by atoms with van der Waals surface area (Å²) in [7, 11) is 0. The molecular formula is C16H18FNO. The third kappa shape index (κ3) is 3.47. The van der Waals surface area contributed by atoms with E-state index in [0.717, 1.165) is 18.5 Å². The Kier molecular flexibility index (Phi) is 4.39. The molecule has 0 aliphatic heterocycles. The van der Waals surface area contributed by atoms with Crippen LogP contribution in [0, 0.1) is 5.82 Å². The summed E-state index contributed by atoms with van der Waals surface area (Å²) in [5.41, 5.74) is 2.82. The van der Waals surface area contributed by atoms with E-state index >= 15 is 0 Å². The SMILES string of the molecule is CCCc1ccc(NCc2cccc(F)c2O)cc1. The molecule has 0 amide bonds. The number of hydrogen-bond donors (Lipinski definition) is 2. The van der Waals surface area contributed by atoms with Gasteiger partial charge in [0, 0.05) is 17.8 Å². The molecule has 100 valence electrons. The van der Waals surface area contributed by atoms with Crippen LogP contribution in [0.5, 0.6) is 5.75 Å². The van der Waals surface area contributed by atoms with E-state index in [-0.39, 0.29) is 5.75 Å². The number of halogens is 1. The molecule has 2 nitrogen and oxygen atoms in total. The molecule has 0 radical (unpaired) electrons. The monoisotopic (exact) mass is 259 g/mol. The molecule has 0 unspecified atom stereocenters. The van der Waals surface area contributed by atoms with Gasteiger partial charge in [-0.1, -0.05) is 37.6 Å². The van der Waals surface area contributed by atoms with Crippen molar-refractivity contribution < 1.29 is 9.50 Å². The average Bonchev–Trinajstić information content (AvgIpc) is 2.42. The van der Waals surface area contributed by atoms with E-state index in [9.17, 15) is 9.50 Å². The zero-order valence-electron chi connectivity index (χ0n) is 11.0. The topological polar surface area (TPSA) is 32.3 Å². The van der Waals surface area contributed by atoms with Crippen LogP contribution >= 0.6 is 0 Å². The van der Waals surface area contributed by atoms with Crippen LogP contribution in [-0.4, -0.2) is 5.11 Å². The van der Waals surface area contributed by atoms with Crippen LogP contribution in [0.1, 0.15) is 24.5 Å². The first-order valence-corrected chi connectivity index (χ1v) is 6.50. The average molecular weight is 259 g/mol. The molecule has 0 fully saturated rings. The maximum absolute atomic E-state index is 13.2. The third-order valence-corrected chi connectivity index (χ3v) is 3.05. The van der Waals surface area contributed by atoms with Crippen LogP contribution in [0.4, 0.5) is 10.1 Å². The summed E-state index contributed by atoms with van der Waals surface area (Å²) in [4.78, 5) is 0. The van der Waals surface area contributed by atoms with Gasteiger partial charge in [-0.2, -0.15) is 0 Å². The standard InChI is InChI=1S/C16H18FNO/c1-2-4-12-7-9-14(10-8-12)18-11-13-5-3-6-15(17)16(13)19/h3,5-10,18-19H,2,4,11H2,1H3. The zero-order valence-corrected chi connectivity index (χ0v) is 11.0. The molecule has 19 heavy (non-hydrogen) atoms. The fourth-order valence-corrected chi connectivity index (χ4v) is 1.98. The number of rotatable bonds is 5. The van der Waals surface area contributed by atoms with Gasteiger partial charge < -0.3 is 10.4 Å². The molecular weight excluding hydrogens is 241 g/mol. The normalized spacial score (nSPS) is 10.4. The van der Waals surface area contributed by atoms with Gasteiger partial charge in [0.25, 0.3) is 0 Å². The van der Waals surface area contributed by atoms with Crippen molar-refractivity contribution in [3.8, 4) is 5.75 Å². The van der Waals surface area contributed by atoms with Crippen LogP contribution in [-0.2, 0) is 13.0 Å². The fourth-order valence-electron chi connectivity index (χ4n) is 1.98. The van der Waals surface area contributed by atoms with E-state index in [2.05, 4.69) is 24.4 Å².